The lowest BCUT2D eigenvalue weighted by molar-refractivity contribution is 0.242. The summed E-state index contributed by atoms with van der Waals surface area (Å²) < 4.78 is 0. The van der Waals surface area contributed by atoms with Gasteiger partial charge in [-0.25, -0.2) is 9.97 Å². The highest BCUT2D eigenvalue weighted by atomic mass is 16.3. The molecule has 122 valence electrons. The maximum atomic E-state index is 9.05. The summed E-state index contributed by atoms with van der Waals surface area (Å²) in [5.41, 5.74) is 1.20. The summed E-state index contributed by atoms with van der Waals surface area (Å²) in [7, 11) is 0. The van der Waals surface area contributed by atoms with Crippen molar-refractivity contribution in [3.05, 3.63) is 18.1 Å². The Bertz CT molecular complexity index is 489. The smallest absolute Gasteiger partial charge is 0.133 e. The van der Waals surface area contributed by atoms with E-state index in [4.69, 9.17) is 5.11 Å². The van der Waals surface area contributed by atoms with Crippen LogP contribution in [0.5, 0.6) is 0 Å². The van der Waals surface area contributed by atoms with Crippen molar-refractivity contribution in [3.63, 3.8) is 0 Å². The average Bonchev–Trinajstić information content (AvgIpc) is 3.28. The number of aliphatic hydroxyl groups is 1. The zero-order valence-electron chi connectivity index (χ0n) is 13.7. The minimum absolute atomic E-state index is 0.284. The van der Waals surface area contributed by atoms with E-state index < -0.39 is 0 Å². The van der Waals surface area contributed by atoms with Gasteiger partial charge in [0.1, 0.15) is 12.1 Å². The number of anilines is 1. The lowest BCUT2D eigenvalue weighted by atomic mass is 9.97. The highest BCUT2D eigenvalue weighted by molar-refractivity contribution is 5.45. The maximum Gasteiger partial charge on any atom is 0.133 e. The zero-order chi connectivity index (χ0) is 15.5. The van der Waals surface area contributed by atoms with Gasteiger partial charge in [0.2, 0.25) is 0 Å². The number of aliphatic hydroxyl groups excluding tert-OH is 1. The molecular weight excluding hydrogens is 276 g/mol. The highest BCUT2D eigenvalue weighted by Crippen LogP contribution is 2.42. The van der Waals surface area contributed by atoms with E-state index in [9.17, 15) is 0 Å². The summed E-state index contributed by atoms with van der Waals surface area (Å²) in [5.74, 6) is 3.02. The van der Waals surface area contributed by atoms with Gasteiger partial charge in [0.25, 0.3) is 0 Å². The summed E-state index contributed by atoms with van der Waals surface area (Å²) in [6.07, 6.45) is 7.19. The molecular formula is C17H28N4O. The molecule has 0 aromatic carbocycles. The zero-order valence-corrected chi connectivity index (χ0v) is 13.7. The van der Waals surface area contributed by atoms with Crippen LogP contribution in [0.15, 0.2) is 12.5 Å². The molecule has 2 aliphatic rings. The van der Waals surface area contributed by atoms with Crippen LogP contribution >= 0.6 is 0 Å². The topological polar surface area (TPSA) is 61.3 Å². The summed E-state index contributed by atoms with van der Waals surface area (Å²) in [6.45, 7) is 7.87. The molecule has 5 nitrogen and oxygen atoms in total. The lowest BCUT2D eigenvalue weighted by Crippen LogP contribution is -2.31. The number of nitrogens with one attached hydrogen (secondary N) is 1. The summed E-state index contributed by atoms with van der Waals surface area (Å²) in [6, 6.07) is 0.471. The van der Waals surface area contributed by atoms with E-state index in [1.165, 1.54) is 18.4 Å². The van der Waals surface area contributed by atoms with E-state index in [1.807, 2.05) is 6.20 Å². The molecule has 0 unspecified atom stereocenters. The molecule has 0 bridgehead atoms. The van der Waals surface area contributed by atoms with Crippen LogP contribution in [0.4, 0.5) is 5.82 Å². The van der Waals surface area contributed by atoms with Crippen LogP contribution in [-0.2, 0) is 0 Å². The maximum absolute atomic E-state index is 9.05. The molecule has 1 aromatic heterocycles. The summed E-state index contributed by atoms with van der Waals surface area (Å²) in [4.78, 5) is 11.2. The van der Waals surface area contributed by atoms with E-state index in [-0.39, 0.29) is 6.61 Å². The number of nitrogens with zero attached hydrogens (tertiary/aromatic N) is 3. The average molecular weight is 304 g/mol. The van der Waals surface area contributed by atoms with Crippen molar-refractivity contribution in [2.45, 2.75) is 45.1 Å². The van der Waals surface area contributed by atoms with Crippen LogP contribution in [0.3, 0.4) is 0 Å². The molecule has 2 heterocycles. The van der Waals surface area contributed by atoms with Crippen LogP contribution in [0.2, 0.25) is 0 Å². The minimum atomic E-state index is 0.284. The molecule has 2 atom stereocenters. The first-order chi connectivity index (χ1) is 10.7. The molecule has 3 rings (SSSR count). The molecule has 2 fully saturated rings. The minimum Gasteiger partial charge on any atom is -0.396 e. The first-order valence-corrected chi connectivity index (χ1v) is 8.58. The SMILES string of the molecule is CC(C)c1cncnc1N[C@H]1CN(CCCO)C[C@@H]1C1CC1. The Hall–Kier alpha value is -1.20. The normalized spacial score (nSPS) is 25.8. The van der Waals surface area contributed by atoms with Gasteiger partial charge in [0.05, 0.1) is 0 Å². The second-order valence-corrected chi connectivity index (χ2v) is 7.07. The molecule has 0 radical (unpaired) electrons. The standard InChI is InChI=1S/C17H28N4O/c1-12(2)14-8-18-11-19-17(14)20-16-10-21(6-3-7-22)9-15(16)13-4-5-13/h8,11-13,15-16,22H,3-7,9-10H2,1-2H3,(H,18,19,20)/t15-,16+/m1/s1. The predicted octanol–water partition coefficient (Wildman–Crippen LogP) is 2.10. The number of hydrogen-bond donors (Lipinski definition) is 2. The largest absolute Gasteiger partial charge is 0.396 e. The Labute approximate surface area is 133 Å². The van der Waals surface area contributed by atoms with Gasteiger partial charge >= 0.3 is 0 Å². The number of likely N-dealkylation sites (tertiary alicyclic amines) is 1. The van der Waals surface area contributed by atoms with Crippen LogP contribution in [0.25, 0.3) is 0 Å². The van der Waals surface area contributed by atoms with Crippen LogP contribution in [0.1, 0.15) is 44.6 Å². The number of aromatic nitrogens is 2. The number of rotatable bonds is 7. The van der Waals surface area contributed by atoms with Crippen molar-refractivity contribution in [1.29, 1.82) is 0 Å². The van der Waals surface area contributed by atoms with Crippen LogP contribution in [0, 0.1) is 11.8 Å². The third-order valence-electron chi connectivity index (χ3n) is 4.99. The monoisotopic (exact) mass is 304 g/mol. The van der Waals surface area contributed by atoms with E-state index in [1.54, 1.807) is 6.33 Å². The molecule has 2 N–H and O–H groups in total. The van der Waals surface area contributed by atoms with Gasteiger partial charge in [-0.3, -0.25) is 0 Å². The molecule has 0 spiro atoms. The Morgan fingerprint density at radius 3 is 2.86 bits per heavy atom. The first kappa shape index (κ1) is 15.7. The van der Waals surface area contributed by atoms with Crippen molar-refractivity contribution in [2.75, 3.05) is 31.6 Å². The van der Waals surface area contributed by atoms with Crippen LogP contribution in [-0.4, -0.2) is 52.3 Å². The fraction of sp³-hybridized carbons (Fsp3) is 0.765. The second kappa shape index (κ2) is 6.92. The van der Waals surface area contributed by atoms with Crippen molar-refractivity contribution in [2.24, 2.45) is 11.8 Å². The van der Waals surface area contributed by atoms with Gasteiger partial charge in [0.15, 0.2) is 0 Å². The van der Waals surface area contributed by atoms with Crippen molar-refractivity contribution in [3.8, 4) is 0 Å². The second-order valence-electron chi connectivity index (χ2n) is 7.07. The fourth-order valence-electron chi connectivity index (χ4n) is 3.60. The third-order valence-corrected chi connectivity index (χ3v) is 4.99. The Kier molecular flexibility index (Phi) is 4.93. The Morgan fingerprint density at radius 2 is 2.18 bits per heavy atom. The van der Waals surface area contributed by atoms with E-state index in [2.05, 4.69) is 34.0 Å². The summed E-state index contributed by atoms with van der Waals surface area (Å²) in [5, 5.41) is 12.8. The number of hydrogen-bond acceptors (Lipinski definition) is 5. The molecule has 0 amide bonds. The molecule has 1 aliphatic carbocycles. The molecule has 5 heteroatoms. The molecule has 1 aromatic rings. The molecule has 1 aliphatic heterocycles. The van der Waals surface area contributed by atoms with Crippen molar-refractivity contribution < 1.29 is 5.11 Å². The molecule has 1 saturated heterocycles. The van der Waals surface area contributed by atoms with Gasteiger partial charge in [-0.15, -0.1) is 0 Å². The van der Waals surface area contributed by atoms with E-state index in [0.717, 1.165) is 37.8 Å². The van der Waals surface area contributed by atoms with Crippen molar-refractivity contribution in [1.82, 2.24) is 14.9 Å². The molecule has 22 heavy (non-hydrogen) atoms. The van der Waals surface area contributed by atoms with Crippen LogP contribution < -0.4 is 5.32 Å². The van der Waals surface area contributed by atoms with E-state index in [0.29, 0.717) is 17.9 Å². The first-order valence-electron chi connectivity index (χ1n) is 8.58. The van der Waals surface area contributed by atoms with Gasteiger partial charge < -0.3 is 15.3 Å². The third kappa shape index (κ3) is 3.58. The highest BCUT2D eigenvalue weighted by Gasteiger charge is 2.42. The van der Waals surface area contributed by atoms with E-state index >= 15 is 0 Å². The van der Waals surface area contributed by atoms with Gasteiger partial charge in [-0.1, -0.05) is 13.8 Å². The quantitative estimate of drug-likeness (QED) is 0.808. The predicted molar refractivity (Wildman–Crippen MR) is 87.9 cm³/mol. The van der Waals surface area contributed by atoms with Gasteiger partial charge in [0, 0.05) is 44.0 Å². The fourth-order valence-corrected chi connectivity index (χ4v) is 3.60. The van der Waals surface area contributed by atoms with Crippen molar-refractivity contribution >= 4 is 5.82 Å². The van der Waals surface area contributed by atoms with Gasteiger partial charge in [-0.2, -0.15) is 0 Å². The van der Waals surface area contributed by atoms with Gasteiger partial charge in [-0.05, 0) is 37.0 Å². The Balaban J connectivity index is 1.70. The Morgan fingerprint density at radius 1 is 1.36 bits per heavy atom. The molecule has 1 saturated carbocycles. The lowest BCUT2D eigenvalue weighted by Gasteiger charge is -2.22. The summed E-state index contributed by atoms with van der Waals surface area (Å²) >= 11 is 0.